The van der Waals surface area contributed by atoms with Gasteiger partial charge in [0.2, 0.25) is 0 Å². The summed E-state index contributed by atoms with van der Waals surface area (Å²) < 4.78 is 5.95. The van der Waals surface area contributed by atoms with Crippen molar-refractivity contribution in [2.24, 2.45) is 0 Å². The Labute approximate surface area is 115 Å². The van der Waals surface area contributed by atoms with Crippen LogP contribution in [0, 0.1) is 0 Å². The Bertz CT molecular complexity index is 489. The van der Waals surface area contributed by atoms with E-state index in [9.17, 15) is 0 Å². The van der Waals surface area contributed by atoms with E-state index < -0.39 is 0 Å². The van der Waals surface area contributed by atoms with Gasteiger partial charge in [-0.25, -0.2) is 0 Å². The van der Waals surface area contributed by atoms with Crippen LogP contribution in [0.4, 0.5) is 0 Å². The molecule has 0 unspecified atom stereocenters. The highest BCUT2D eigenvalue weighted by Crippen LogP contribution is 2.37. The smallest absolute Gasteiger partial charge is 0.124 e. The van der Waals surface area contributed by atoms with E-state index in [0.717, 1.165) is 16.7 Å². The molecule has 1 aliphatic carbocycles. The van der Waals surface area contributed by atoms with Crippen molar-refractivity contribution in [2.45, 2.75) is 31.3 Å². The van der Waals surface area contributed by atoms with Crippen LogP contribution in [-0.4, -0.2) is 11.2 Å². The van der Waals surface area contributed by atoms with Gasteiger partial charge in [0, 0.05) is 23.1 Å². The maximum atomic E-state index is 4.81. The summed E-state index contributed by atoms with van der Waals surface area (Å²) in [4.78, 5) is 0. The topological polar surface area (TPSA) is 38.1 Å². The summed E-state index contributed by atoms with van der Waals surface area (Å²) in [6.07, 6.45) is 4.03. The lowest BCUT2D eigenvalue weighted by Gasteiger charge is -2.36. The maximum absolute atomic E-state index is 4.81. The van der Waals surface area contributed by atoms with E-state index in [-0.39, 0.29) is 0 Å². The summed E-state index contributed by atoms with van der Waals surface area (Å²) in [6, 6.07) is 11.2. The molecule has 1 N–H and O–H groups in total. The number of benzene rings is 1. The second kappa shape index (κ2) is 5.24. The van der Waals surface area contributed by atoms with Crippen LogP contribution >= 0.6 is 15.9 Å². The summed E-state index contributed by atoms with van der Waals surface area (Å²) in [5.74, 6) is 0.702. The molecular weight excluding hydrogens is 292 g/mol. The van der Waals surface area contributed by atoms with E-state index >= 15 is 0 Å². The molecule has 18 heavy (non-hydrogen) atoms. The average molecular weight is 307 g/mol. The number of rotatable bonds is 4. The zero-order valence-corrected chi connectivity index (χ0v) is 11.6. The lowest BCUT2D eigenvalue weighted by atomic mass is 9.76. The fraction of sp³-hybridized carbons (Fsp3) is 0.357. The molecule has 3 rings (SSSR count). The minimum absolute atomic E-state index is 0.607. The van der Waals surface area contributed by atoms with E-state index in [0.29, 0.717) is 12.0 Å². The van der Waals surface area contributed by atoms with Crippen molar-refractivity contribution < 1.29 is 4.52 Å². The van der Waals surface area contributed by atoms with Crippen LogP contribution in [0.15, 0.2) is 45.6 Å². The molecule has 0 atom stereocenters. The van der Waals surface area contributed by atoms with Crippen molar-refractivity contribution >= 4 is 15.9 Å². The Kier molecular flexibility index (Phi) is 3.48. The quantitative estimate of drug-likeness (QED) is 0.940. The first kappa shape index (κ1) is 11.9. The zero-order valence-electron chi connectivity index (χ0n) is 9.97. The predicted octanol–water partition coefficient (Wildman–Crippen LogP) is 3.47. The lowest BCUT2D eigenvalue weighted by molar-refractivity contribution is 0.286. The third-order valence-corrected chi connectivity index (χ3v) is 4.07. The van der Waals surface area contributed by atoms with Crippen LogP contribution in [0.3, 0.4) is 0 Å². The standard InChI is InChI=1S/C14H15BrN2O/c15-12-3-1-10(2-4-12)11-7-14(8-11)16-9-13-5-6-18-17-13/h1-6,11,14,16H,7-9H2. The van der Waals surface area contributed by atoms with Crippen LogP contribution in [0.1, 0.15) is 30.0 Å². The number of nitrogens with one attached hydrogen (secondary N) is 1. The van der Waals surface area contributed by atoms with Crippen molar-refractivity contribution in [3.05, 3.63) is 52.3 Å². The van der Waals surface area contributed by atoms with Gasteiger partial charge in [-0.15, -0.1) is 0 Å². The summed E-state index contributed by atoms with van der Waals surface area (Å²) in [5, 5.41) is 7.39. The summed E-state index contributed by atoms with van der Waals surface area (Å²) >= 11 is 3.47. The third-order valence-electron chi connectivity index (χ3n) is 3.54. The van der Waals surface area contributed by atoms with Crippen LogP contribution in [0.25, 0.3) is 0 Å². The monoisotopic (exact) mass is 306 g/mol. The summed E-state index contributed by atoms with van der Waals surface area (Å²) in [7, 11) is 0. The molecule has 1 aliphatic rings. The van der Waals surface area contributed by atoms with Gasteiger partial charge in [0.25, 0.3) is 0 Å². The van der Waals surface area contributed by atoms with Gasteiger partial charge in [-0.1, -0.05) is 33.2 Å². The van der Waals surface area contributed by atoms with E-state index in [2.05, 4.69) is 50.7 Å². The highest BCUT2D eigenvalue weighted by Gasteiger charge is 2.29. The molecule has 1 heterocycles. The van der Waals surface area contributed by atoms with E-state index in [1.54, 1.807) is 6.26 Å². The summed E-state index contributed by atoms with van der Waals surface area (Å²) in [6.45, 7) is 0.800. The first-order chi connectivity index (χ1) is 8.81. The largest absolute Gasteiger partial charge is 0.364 e. The van der Waals surface area contributed by atoms with Gasteiger partial charge in [-0.3, -0.25) is 0 Å². The molecule has 4 heteroatoms. The van der Waals surface area contributed by atoms with Crippen molar-refractivity contribution in [1.29, 1.82) is 0 Å². The van der Waals surface area contributed by atoms with Crippen LogP contribution in [-0.2, 0) is 6.54 Å². The Morgan fingerprint density at radius 1 is 1.22 bits per heavy atom. The zero-order chi connectivity index (χ0) is 12.4. The molecular formula is C14H15BrN2O. The summed E-state index contributed by atoms with van der Waals surface area (Å²) in [5.41, 5.74) is 2.42. The highest BCUT2D eigenvalue weighted by molar-refractivity contribution is 9.10. The number of halogens is 1. The first-order valence-corrected chi connectivity index (χ1v) is 6.98. The Balaban J connectivity index is 1.47. The van der Waals surface area contributed by atoms with Gasteiger partial charge in [-0.2, -0.15) is 0 Å². The van der Waals surface area contributed by atoms with E-state index in [4.69, 9.17) is 4.52 Å². The minimum atomic E-state index is 0.607. The molecule has 1 saturated carbocycles. The van der Waals surface area contributed by atoms with Gasteiger partial charge in [-0.05, 0) is 36.5 Å². The van der Waals surface area contributed by atoms with Gasteiger partial charge in [0.15, 0.2) is 0 Å². The van der Waals surface area contributed by atoms with Gasteiger partial charge in [0.05, 0.1) is 5.69 Å². The molecule has 0 radical (unpaired) electrons. The highest BCUT2D eigenvalue weighted by atomic mass is 79.9. The second-order valence-corrected chi connectivity index (χ2v) is 5.70. The fourth-order valence-electron chi connectivity index (χ4n) is 2.37. The predicted molar refractivity (Wildman–Crippen MR) is 73.2 cm³/mol. The maximum Gasteiger partial charge on any atom is 0.124 e. The number of hydrogen-bond acceptors (Lipinski definition) is 3. The van der Waals surface area contributed by atoms with E-state index in [1.807, 2.05) is 6.07 Å². The van der Waals surface area contributed by atoms with Gasteiger partial charge in [0.1, 0.15) is 6.26 Å². The Morgan fingerprint density at radius 2 is 2.00 bits per heavy atom. The molecule has 3 nitrogen and oxygen atoms in total. The molecule has 0 aliphatic heterocycles. The van der Waals surface area contributed by atoms with Crippen molar-refractivity contribution in [2.75, 3.05) is 0 Å². The molecule has 1 aromatic heterocycles. The molecule has 1 fully saturated rings. The minimum Gasteiger partial charge on any atom is -0.364 e. The molecule has 2 aromatic rings. The molecule has 1 aromatic carbocycles. The Morgan fingerprint density at radius 3 is 2.67 bits per heavy atom. The van der Waals surface area contributed by atoms with Crippen LogP contribution in [0.2, 0.25) is 0 Å². The van der Waals surface area contributed by atoms with Crippen molar-refractivity contribution in [1.82, 2.24) is 10.5 Å². The number of hydrogen-bond donors (Lipinski definition) is 1. The molecule has 0 spiro atoms. The average Bonchev–Trinajstić information content (AvgIpc) is 2.82. The number of aromatic nitrogens is 1. The molecule has 0 saturated heterocycles. The van der Waals surface area contributed by atoms with Crippen molar-refractivity contribution in [3.8, 4) is 0 Å². The third kappa shape index (κ3) is 2.65. The fourth-order valence-corrected chi connectivity index (χ4v) is 2.63. The van der Waals surface area contributed by atoms with Crippen molar-refractivity contribution in [3.63, 3.8) is 0 Å². The van der Waals surface area contributed by atoms with E-state index in [1.165, 1.54) is 18.4 Å². The normalized spacial score (nSPS) is 22.7. The molecule has 0 amide bonds. The second-order valence-electron chi connectivity index (χ2n) is 4.79. The first-order valence-electron chi connectivity index (χ1n) is 6.19. The number of nitrogens with zero attached hydrogens (tertiary/aromatic N) is 1. The lowest BCUT2D eigenvalue weighted by Crippen LogP contribution is -2.39. The Hall–Kier alpha value is -1.13. The van der Waals surface area contributed by atoms with Gasteiger partial charge >= 0.3 is 0 Å². The van der Waals surface area contributed by atoms with Gasteiger partial charge < -0.3 is 9.84 Å². The van der Waals surface area contributed by atoms with Crippen LogP contribution < -0.4 is 5.32 Å². The SMILES string of the molecule is Brc1ccc(C2CC(NCc3ccon3)C2)cc1. The molecule has 94 valence electrons. The molecule has 0 bridgehead atoms. The van der Waals surface area contributed by atoms with Crippen LogP contribution in [0.5, 0.6) is 0 Å².